The molecule has 0 spiro atoms. The summed E-state index contributed by atoms with van der Waals surface area (Å²) >= 11 is 1.37. The number of carbonyl (C=O) groups is 1. The Labute approximate surface area is 162 Å². The van der Waals surface area contributed by atoms with E-state index in [0.717, 1.165) is 33.3 Å². The normalized spacial score (nSPS) is 20.1. The van der Waals surface area contributed by atoms with Gasteiger partial charge in [-0.25, -0.2) is 4.98 Å². The van der Waals surface area contributed by atoms with E-state index in [1.165, 1.54) is 30.6 Å². The molecule has 3 aromatic rings. The van der Waals surface area contributed by atoms with Gasteiger partial charge in [-0.3, -0.25) is 4.79 Å². The topological polar surface area (TPSA) is 77.2 Å². The number of nitrogens with zero attached hydrogens (tertiary/aromatic N) is 1. The number of thiophene rings is 1. The molecule has 1 aromatic carbocycles. The van der Waals surface area contributed by atoms with E-state index in [2.05, 4.69) is 12.2 Å². The number of aromatic nitrogens is 1. The lowest BCUT2D eigenvalue weighted by Crippen LogP contribution is -2.40. The fourth-order valence-corrected chi connectivity index (χ4v) is 4.85. The van der Waals surface area contributed by atoms with Gasteiger partial charge in [0.2, 0.25) is 0 Å². The Morgan fingerprint density at radius 3 is 2.93 bits per heavy atom. The molecule has 5 nitrogen and oxygen atoms in total. The third kappa shape index (κ3) is 3.46. The molecular formula is C21H25N3O2S. The Balaban J connectivity index is 1.67. The molecule has 0 saturated heterocycles. The van der Waals surface area contributed by atoms with Gasteiger partial charge in [0.1, 0.15) is 15.5 Å². The lowest BCUT2D eigenvalue weighted by atomic mass is 9.86. The van der Waals surface area contributed by atoms with Crippen LogP contribution in [0.4, 0.5) is 5.69 Å². The number of fused-ring (bicyclic) bond motifs is 2. The second-order valence-corrected chi connectivity index (χ2v) is 8.31. The number of carbonyl (C=O) groups excluding carboxylic acids is 1. The third-order valence-corrected chi connectivity index (χ3v) is 6.55. The second-order valence-electron chi connectivity index (χ2n) is 7.32. The minimum absolute atomic E-state index is 0.0756. The third-order valence-electron chi connectivity index (χ3n) is 5.43. The Kier molecular flexibility index (Phi) is 4.91. The molecule has 1 aliphatic rings. The van der Waals surface area contributed by atoms with Crippen molar-refractivity contribution in [3.8, 4) is 5.75 Å². The van der Waals surface area contributed by atoms with Crippen LogP contribution in [-0.2, 0) is 0 Å². The minimum atomic E-state index is -0.0756. The summed E-state index contributed by atoms with van der Waals surface area (Å²) in [6.45, 7) is 4.78. The monoisotopic (exact) mass is 383 g/mol. The van der Waals surface area contributed by atoms with Crippen molar-refractivity contribution in [2.75, 3.05) is 12.3 Å². The van der Waals surface area contributed by atoms with Gasteiger partial charge in [0, 0.05) is 22.9 Å². The zero-order valence-electron chi connectivity index (χ0n) is 15.7. The smallest absolute Gasteiger partial charge is 0.263 e. The van der Waals surface area contributed by atoms with Crippen LogP contribution in [0, 0.1) is 5.92 Å². The molecule has 2 heterocycles. The number of pyridine rings is 1. The number of ether oxygens (including phenoxy) is 1. The number of nitrogen functional groups attached to an aromatic ring is 1. The number of nitrogens with two attached hydrogens (primary N) is 1. The first-order valence-electron chi connectivity index (χ1n) is 9.63. The first-order chi connectivity index (χ1) is 13.1. The highest BCUT2D eigenvalue weighted by Gasteiger charge is 2.25. The highest BCUT2D eigenvalue weighted by atomic mass is 32.1. The molecule has 2 aromatic heterocycles. The fourth-order valence-electron chi connectivity index (χ4n) is 3.86. The summed E-state index contributed by atoms with van der Waals surface area (Å²) in [6, 6.07) is 8.08. The first kappa shape index (κ1) is 18.0. The Hall–Kier alpha value is -2.34. The van der Waals surface area contributed by atoms with Gasteiger partial charge in [0.05, 0.1) is 17.8 Å². The van der Waals surface area contributed by atoms with E-state index >= 15 is 0 Å². The largest absolute Gasteiger partial charge is 0.494 e. The number of nitrogens with one attached hydrogen (secondary N) is 1. The fraction of sp³-hybridized carbons (Fsp3) is 0.429. The maximum atomic E-state index is 12.9. The van der Waals surface area contributed by atoms with E-state index in [4.69, 9.17) is 15.5 Å². The van der Waals surface area contributed by atoms with Gasteiger partial charge in [-0.1, -0.05) is 19.8 Å². The minimum Gasteiger partial charge on any atom is -0.494 e. The van der Waals surface area contributed by atoms with Crippen molar-refractivity contribution in [1.29, 1.82) is 0 Å². The van der Waals surface area contributed by atoms with Gasteiger partial charge < -0.3 is 15.8 Å². The highest BCUT2D eigenvalue weighted by Crippen LogP contribution is 2.35. The SMILES string of the molecule is CCOc1ccc2cc3c(N)c(C(=O)N[C@@H]4CCCC[C@@H]4C)sc3nc2c1. The maximum absolute atomic E-state index is 12.9. The van der Waals surface area contributed by atoms with Gasteiger partial charge in [-0.2, -0.15) is 0 Å². The van der Waals surface area contributed by atoms with Crippen LogP contribution < -0.4 is 15.8 Å². The first-order valence-corrected chi connectivity index (χ1v) is 10.4. The molecule has 3 N–H and O–H groups in total. The molecule has 6 heteroatoms. The van der Waals surface area contributed by atoms with Crippen molar-refractivity contribution < 1.29 is 9.53 Å². The summed E-state index contributed by atoms with van der Waals surface area (Å²) in [5, 5.41) is 5.03. The molecule has 1 fully saturated rings. The van der Waals surface area contributed by atoms with Crippen LogP contribution in [-0.4, -0.2) is 23.5 Å². The molecule has 0 unspecified atom stereocenters. The molecule has 0 bridgehead atoms. The molecule has 2 atom stereocenters. The van der Waals surface area contributed by atoms with Crippen molar-refractivity contribution in [3.05, 3.63) is 29.1 Å². The van der Waals surface area contributed by atoms with Gasteiger partial charge in [-0.05, 0) is 43.9 Å². The van der Waals surface area contributed by atoms with Gasteiger partial charge in [0.25, 0.3) is 5.91 Å². The summed E-state index contributed by atoms with van der Waals surface area (Å²) < 4.78 is 5.56. The number of rotatable bonds is 4. The predicted octanol–water partition coefficient (Wildman–Crippen LogP) is 4.74. The zero-order chi connectivity index (χ0) is 19.0. The van der Waals surface area contributed by atoms with E-state index in [9.17, 15) is 4.79 Å². The van der Waals surface area contributed by atoms with E-state index in [-0.39, 0.29) is 11.9 Å². The van der Waals surface area contributed by atoms with Crippen LogP contribution in [0.3, 0.4) is 0 Å². The quantitative estimate of drug-likeness (QED) is 0.682. The van der Waals surface area contributed by atoms with Crippen molar-refractivity contribution in [1.82, 2.24) is 10.3 Å². The summed E-state index contributed by atoms with van der Waals surface area (Å²) in [5.41, 5.74) is 7.71. The Morgan fingerprint density at radius 1 is 1.33 bits per heavy atom. The van der Waals surface area contributed by atoms with Crippen molar-refractivity contribution >= 4 is 44.1 Å². The summed E-state index contributed by atoms with van der Waals surface area (Å²) in [7, 11) is 0. The summed E-state index contributed by atoms with van der Waals surface area (Å²) in [5.74, 6) is 1.23. The van der Waals surface area contributed by atoms with E-state index in [1.807, 2.05) is 31.2 Å². The summed E-state index contributed by atoms with van der Waals surface area (Å²) in [6.07, 6.45) is 4.63. The average molecular weight is 384 g/mol. The molecule has 1 saturated carbocycles. The maximum Gasteiger partial charge on any atom is 0.263 e. The van der Waals surface area contributed by atoms with Gasteiger partial charge >= 0.3 is 0 Å². The molecule has 1 amide bonds. The molecule has 0 radical (unpaired) electrons. The van der Waals surface area contributed by atoms with Crippen molar-refractivity contribution in [2.24, 2.45) is 5.92 Å². The standard InChI is InChI=1S/C21H25N3O2S/c1-3-26-14-9-8-13-10-15-18(22)19(27-21(15)24-17(13)11-14)20(25)23-16-7-5-4-6-12(16)2/h8-12,16H,3-7,22H2,1-2H3,(H,23,25)/t12-,16+/m0/s1. The van der Waals surface area contributed by atoms with E-state index < -0.39 is 0 Å². The van der Waals surface area contributed by atoms with Crippen LogP contribution >= 0.6 is 11.3 Å². The van der Waals surface area contributed by atoms with E-state index in [1.54, 1.807) is 0 Å². The number of hydrogen-bond donors (Lipinski definition) is 2. The zero-order valence-corrected chi connectivity index (χ0v) is 16.6. The number of benzene rings is 1. The molecule has 1 aliphatic carbocycles. The molecule has 27 heavy (non-hydrogen) atoms. The summed E-state index contributed by atoms with van der Waals surface area (Å²) in [4.78, 5) is 18.9. The Morgan fingerprint density at radius 2 is 2.15 bits per heavy atom. The molecule has 0 aliphatic heterocycles. The van der Waals surface area contributed by atoms with Crippen LogP contribution in [0.2, 0.25) is 0 Å². The Bertz CT molecular complexity index is 998. The van der Waals surface area contributed by atoms with Crippen LogP contribution in [0.25, 0.3) is 21.1 Å². The lowest BCUT2D eigenvalue weighted by molar-refractivity contribution is 0.0915. The van der Waals surface area contributed by atoms with Crippen LogP contribution in [0.15, 0.2) is 24.3 Å². The second kappa shape index (κ2) is 7.35. The lowest BCUT2D eigenvalue weighted by Gasteiger charge is -2.29. The highest BCUT2D eigenvalue weighted by molar-refractivity contribution is 7.21. The van der Waals surface area contributed by atoms with Crippen molar-refractivity contribution in [2.45, 2.75) is 45.6 Å². The number of amides is 1. The van der Waals surface area contributed by atoms with Gasteiger partial charge in [0.15, 0.2) is 0 Å². The van der Waals surface area contributed by atoms with Gasteiger partial charge in [-0.15, -0.1) is 11.3 Å². The number of hydrogen-bond acceptors (Lipinski definition) is 5. The van der Waals surface area contributed by atoms with Crippen LogP contribution in [0.5, 0.6) is 5.75 Å². The molecule has 142 valence electrons. The van der Waals surface area contributed by atoms with Crippen LogP contribution in [0.1, 0.15) is 49.2 Å². The molecular weight excluding hydrogens is 358 g/mol. The average Bonchev–Trinajstić information content (AvgIpc) is 2.98. The molecule has 4 rings (SSSR count). The number of anilines is 1. The van der Waals surface area contributed by atoms with Crippen molar-refractivity contribution in [3.63, 3.8) is 0 Å². The predicted molar refractivity (Wildman–Crippen MR) is 112 cm³/mol. The van der Waals surface area contributed by atoms with E-state index in [0.29, 0.717) is 23.1 Å².